The third-order valence-corrected chi connectivity index (χ3v) is 4.57. The zero-order valence-corrected chi connectivity index (χ0v) is 13.8. The van der Waals surface area contributed by atoms with Crippen molar-refractivity contribution in [3.05, 3.63) is 70.3 Å². The highest BCUT2D eigenvalue weighted by molar-refractivity contribution is 5.88. The van der Waals surface area contributed by atoms with Crippen LogP contribution < -0.4 is 0 Å². The van der Waals surface area contributed by atoms with Gasteiger partial charge >= 0.3 is 5.97 Å². The molecule has 0 unspecified atom stereocenters. The molecule has 1 heterocycles. The fourth-order valence-electron chi connectivity index (χ4n) is 3.07. The van der Waals surface area contributed by atoms with Crippen LogP contribution >= 0.6 is 0 Å². The van der Waals surface area contributed by atoms with Gasteiger partial charge in [-0.2, -0.15) is 0 Å². The van der Waals surface area contributed by atoms with Crippen LogP contribution in [0.4, 0.5) is 0 Å². The largest absolute Gasteiger partial charge is 0.478 e. The highest BCUT2D eigenvalue weighted by Crippen LogP contribution is 2.21. The van der Waals surface area contributed by atoms with Crippen LogP contribution in [-0.4, -0.2) is 28.4 Å². The zero-order valence-electron chi connectivity index (χ0n) is 13.8. The second-order valence-electron chi connectivity index (χ2n) is 6.34. The van der Waals surface area contributed by atoms with Gasteiger partial charge in [-0.25, -0.2) is 4.79 Å². The van der Waals surface area contributed by atoms with E-state index in [1.165, 1.54) is 11.1 Å². The molecular weight excluding hydrogens is 302 g/mol. The van der Waals surface area contributed by atoms with Crippen molar-refractivity contribution in [1.82, 2.24) is 4.90 Å². The SMILES string of the molecule is Cc1ccc(CCC(=O)N2CCc3ccc(C(=O)O)cc3C2)cc1. The van der Waals surface area contributed by atoms with Crippen LogP contribution in [0.1, 0.15) is 39.0 Å². The Balaban J connectivity index is 1.63. The van der Waals surface area contributed by atoms with Crippen LogP contribution in [-0.2, 0) is 24.2 Å². The Morgan fingerprint density at radius 3 is 2.54 bits per heavy atom. The van der Waals surface area contributed by atoms with Gasteiger partial charge in [-0.1, -0.05) is 35.9 Å². The van der Waals surface area contributed by atoms with Gasteiger partial charge in [0.2, 0.25) is 5.91 Å². The molecule has 0 saturated carbocycles. The Bertz CT molecular complexity index is 765. The van der Waals surface area contributed by atoms with E-state index in [1.807, 2.05) is 17.9 Å². The van der Waals surface area contributed by atoms with Crippen molar-refractivity contribution in [1.29, 1.82) is 0 Å². The number of aryl methyl sites for hydroxylation is 2. The molecule has 1 N–H and O–H groups in total. The maximum Gasteiger partial charge on any atom is 0.335 e. The first kappa shape index (κ1) is 16.2. The molecule has 0 fully saturated rings. The molecule has 1 amide bonds. The summed E-state index contributed by atoms with van der Waals surface area (Å²) >= 11 is 0. The lowest BCUT2D eigenvalue weighted by molar-refractivity contribution is -0.132. The predicted molar refractivity (Wildman–Crippen MR) is 92.0 cm³/mol. The monoisotopic (exact) mass is 323 g/mol. The molecule has 4 nitrogen and oxygen atoms in total. The number of carbonyl (C=O) groups excluding carboxylic acids is 1. The normalized spacial score (nSPS) is 13.5. The molecule has 0 aliphatic carbocycles. The predicted octanol–water partition coefficient (Wildman–Crippen LogP) is 3.21. The summed E-state index contributed by atoms with van der Waals surface area (Å²) in [6, 6.07) is 13.4. The van der Waals surface area contributed by atoms with Crippen molar-refractivity contribution in [2.45, 2.75) is 32.7 Å². The minimum Gasteiger partial charge on any atom is -0.478 e. The van der Waals surface area contributed by atoms with Crippen LogP contribution in [0, 0.1) is 6.92 Å². The van der Waals surface area contributed by atoms with E-state index in [4.69, 9.17) is 5.11 Å². The molecule has 1 aliphatic heterocycles. The van der Waals surface area contributed by atoms with E-state index in [1.54, 1.807) is 12.1 Å². The number of hydrogen-bond donors (Lipinski definition) is 1. The van der Waals surface area contributed by atoms with Gasteiger partial charge in [-0.05, 0) is 48.6 Å². The summed E-state index contributed by atoms with van der Waals surface area (Å²) in [4.78, 5) is 25.4. The number of benzene rings is 2. The maximum absolute atomic E-state index is 12.5. The van der Waals surface area contributed by atoms with Gasteiger partial charge in [0.05, 0.1) is 5.56 Å². The quantitative estimate of drug-likeness (QED) is 0.940. The summed E-state index contributed by atoms with van der Waals surface area (Å²) in [5, 5.41) is 9.11. The number of amides is 1. The Labute approximate surface area is 141 Å². The van der Waals surface area contributed by atoms with E-state index in [-0.39, 0.29) is 11.5 Å². The van der Waals surface area contributed by atoms with Crippen molar-refractivity contribution in [2.75, 3.05) is 6.54 Å². The molecule has 0 aromatic heterocycles. The van der Waals surface area contributed by atoms with Gasteiger partial charge in [0.25, 0.3) is 0 Å². The molecule has 4 heteroatoms. The van der Waals surface area contributed by atoms with Gasteiger partial charge in [0, 0.05) is 19.5 Å². The van der Waals surface area contributed by atoms with E-state index in [9.17, 15) is 9.59 Å². The number of rotatable bonds is 4. The van der Waals surface area contributed by atoms with Gasteiger partial charge in [0.1, 0.15) is 0 Å². The lowest BCUT2D eigenvalue weighted by atomic mass is 9.97. The standard InChI is InChI=1S/C20H21NO3/c1-14-2-4-15(5-3-14)6-9-19(22)21-11-10-16-7-8-17(20(23)24)12-18(16)13-21/h2-5,7-8,12H,6,9-11,13H2,1H3,(H,23,24). The number of aromatic carboxylic acids is 1. The van der Waals surface area contributed by atoms with Crippen LogP contribution in [0.25, 0.3) is 0 Å². The molecule has 3 rings (SSSR count). The van der Waals surface area contributed by atoms with Crippen LogP contribution in [0.2, 0.25) is 0 Å². The molecule has 124 valence electrons. The molecule has 2 aromatic carbocycles. The molecule has 24 heavy (non-hydrogen) atoms. The average molecular weight is 323 g/mol. The number of carbonyl (C=O) groups is 2. The molecule has 0 saturated heterocycles. The van der Waals surface area contributed by atoms with Crippen molar-refractivity contribution >= 4 is 11.9 Å². The summed E-state index contributed by atoms with van der Waals surface area (Å²) in [6.07, 6.45) is 2.00. The van der Waals surface area contributed by atoms with Gasteiger partial charge in [-0.15, -0.1) is 0 Å². The maximum atomic E-state index is 12.5. The van der Waals surface area contributed by atoms with Crippen molar-refractivity contribution < 1.29 is 14.7 Å². The highest BCUT2D eigenvalue weighted by atomic mass is 16.4. The number of hydrogen-bond acceptors (Lipinski definition) is 2. The van der Waals surface area contributed by atoms with E-state index >= 15 is 0 Å². The van der Waals surface area contributed by atoms with Gasteiger partial charge in [0.15, 0.2) is 0 Å². The number of nitrogens with zero attached hydrogens (tertiary/aromatic N) is 1. The Hall–Kier alpha value is -2.62. The number of carboxylic acids is 1. The fourth-order valence-corrected chi connectivity index (χ4v) is 3.07. The smallest absolute Gasteiger partial charge is 0.335 e. The fraction of sp³-hybridized carbons (Fsp3) is 0.300. The Kier molecular flexibility index (Phi) is 4.65. The summed E-state index contributed by atoms with van der Waals surface area (Å²) in [7, 11) is 0. The van der Waals surface area contributed by atoms with Crippen molar-refractivity contribution in [3.63, 3.8) is 0 Å². The summed E-state index contributed by atoms with van der Waals surface area (Å²) in [5.41, 5.74) is 4.75. The summed E-state index contributed by atoms with van der Waals surface area (Å²) in [5.74, 6) is -0.803. The van der Waals surface area contributed by atoms with Crippen molar-refractivity contribution in [3.8, 4) is 0 Å². The van der Waals surface area contributed by atoms with Crippen LogP contribution in [0.15, 0.2) is 42.5 Å². The molecule has 0 spiro atoms. The minimum atomic E-state index is -0.930. The topological polar surface area (TPSA) is 57.6 Å². The summed E-state index contributed by atoms with van der Waals surface area (Å²) < 4.78 is 0. The van der Waals surface area contributed by atoms with Crippen LogP contribution in [0.3, 0.4) is 0 Å². The Morgan fingerprint density at radius 2 is 1.83 bits per heavy atom. The first-order valence-corrected chi connectivity index (χ1v) is 8.21. The summed E-state index contributed by atoms with van der Waals surface area (Å²) in [6.45, 7) is 3.25. The van der Waals surface area contributed by atoms with Crippen LogP contribution in [0.5, 0.6) is 0 Å². The molecule has 0 radical (unpaired) electrons. The first-order chi connectivity index (χ1) is 11.5. The molecule has 0 atom stereocenters. The molecule has 1 aliphatic rings. The third kappa shape index (κ3) is 3.65. The first-order valence-electron chi connectivity index (χ1n) is 8.21. The van der Waals surface area contributed by atoms with Crippen molar-refractivity contribution in [2.24, 2.45) is 0 Å². The van der Waals surface area contributed by atoms with E-state index in [2.05, 4.69) is 24.3 Å². The van der Waals surface area contributed by atoms with E-state index < -0.39 is 5.97 Å². The average Bonchev–Trinajstić information content (AvgIpc) is 2.60. The van der Waals surface area contributed by atoms with E-state index in [0.717, 1.165) is 24.0 Å². The molecule has 2 aromatic rings. The minimum absolute atomic E-state index is 0.127. The van der Waals surface area contributed by atoms with E-state index in [0.29, 0.717) is 19.5 Å². The molecule has 0 bridgehead atoms. The zero-order chi connectivity index (χ0) is 17.1. The van der Waals surface area contributed by atoms with Gasteiger partial charge in [-0.3, -0.25) is 4.79 Å². The van der Waals surface area contributed by atoms with Gasteiger partial charge < -0.3 is 10.0 Å². The lowest BCUT2D eigenvalue weighted by Crippen LogP contribution is -2.36. The molecular formula is C20H21NO3. The lowest BCUT2D eigenvalue weighted by Gasteiger charge is -2.29. The second kappa shape index (κ2) is 6.87. The second-order valence-corrected chi connectivity index (χ2v) is 6.34. The highest BCUT2D eigenvalue weighted by Gasteiger charge is 2.21. The Morgan fingerprint density at radius 1 is 1.08 bits per heavy atom. The third-order valence-electron chi connectivity index (χ3n) is 4.57. The number of carboxylic acid groups (broad SMARTS) is 1. The number of fused-ring (bicyclic) bond motifs is 1.